The lowest BCUT2D eigenvalue weighted by molar-refractivity contribution is 0.463. The van der Waals surface area contributed by atoms with Gasteiger partial charge in [0, 0.05) is 6.04 Å². The predicted molar refractivity (Wildman–Crippen MR) is 34.1 cm³/mol. The van der Waals surface area contributed by atoms with Crippen LogP contribution in [0.4, 0.5) is 0 Å². The van der Waals surface area contributed by atoms with Crippen molar-refractivity contribution in [2.24, 2.45) is 0 Å². The van der Waals surface area contributed by atoms with E-state index in [1.54, 1.807) is 0 Å². The molecule has 1 saturated carbocycles. The van der Waals surface area contributed by atoms with Crippen molar-refractivity contribution in [3.05, 3.63) is 31.7 Å². The molecule has 1 aliphatic rings. The average molecular weight is 108 g/mol. The second kappa shape index (κ2) is 2.49. The van der Waals surface area contributed by atoms with Crippen molar-refractivity contribution in [1.82, 2.24) is 4.90 Å². The zero-order valence-electron chi connectivity index (χ0n) is 5.26. The Morgan fingerprint density at radius 2 is 1.62 bits per heavy atom. The minimum atomic E-state index is 1.27. The topological polar surface area (TPSA) is 3.24 Å². The quantitative estimate of drug-likeness (QED) is 0.482. The van der Waals surface area contributed by atoms with Gasteiger partial charge in [-0.1, -0.05) is 0 Å². The van der Waals surface area contributed by atoms with Gasteiger partial charge in [-0.25, -0.2) is 0 Å². The minimum absolute atomic E-state index is 1.27. The Hall–Kier alpha value is -0.0400. The van der Waals surface area contributed by atoms with E-state index >= 15 is 0 Å². The van der Waals surface area contributed by atoms with Gasteiger partial charge in [0.15, 0.2) is 0 Å². The van der Waals surface area contributed by atoms with E-state index in [9.17, 15) is 0 Å². The second-order valence-corrected chi connectivity index (χ2v) is 2.04. The third-order valence-corrected chi connectivity index (χ3v) is 1.16. The Labute approximate surface area is 51.7 Å². The molecule has 1 rings (SSSR count). The molecule has 0 unspecified atom stereocenters. The molecule has 0 amide bonds. The molecule has 1 nitrogen and oxygen atoms in total. The van der Waals surface area contributed by atoms with Crippen molar-refractivity contribution in [1.29, 1.82) is 0 Å². The molecule has 0 aromatic carbocycles. The first-order valence-electron chi connectivity index (χ1n) is 2.70. The van der Waals surface area contributed by atoms with Crippen molar-refractivity contribution in [2.45, 2.75) is 0 Å². The summed E-state index contributed by atoms with van der Waals surface area (Å²) in [6, 6.07) is 1.27. The van der Waals surface area contributed by atoms with Crippen LogP contribution >= 0.6 is 0 Å². The number of hydrogen-bond acceptors (Lipinski definition) is 1. The third kappa shape index (κ3) is 1.22. The smallest absolute Gasteiger partial charge is 0.0461 e. The van der Waals surface area contributed by atoms with E-state index in [2.05, 4.69) is 17.7 Å². The highest BCUT2D eigenvalue weighted by Gasteiger charge is 2.17. The summed E-state index contributed by atoms with van der Waals surface area (Å²) in [6.07, 6.45) is 8.24. The Bertz CT molecular complexity index is 62.8. The van der Waals surface area contributed by atoms with Crippen molar-refractivity contribution < 1.29 is 0 Å². The van der Waals surface area contributed by atoms with Gasteiger partial charge in [-0.15, -0.1) is 0 Å². The van der Waals surface area contributed by atoms with E-state index in [1.807, 2.05) is 26.9 Å². The van der Waals surface area contributed by atoms with Crippen molar-refractivity contribution in [2.75, 3.05) is 14.1 Å². The molecule has 0 atom stereocenters. The maximum absolute atomic E-state index is 2.08. The molecule has 0 saturated heterocycles. The van der Waals surface area contributed by atoms with E-state index in [0.717, 1.165) is 0 Å². The van der Waals surface area contributed by atoms with Crippen LogP contribution in [0.15, 0.2) is 0 Å². The Morgan fingerprint density at radius 1 is 1.12 bits per heavy atom. The highest BCUT2D eigenvalue weighted by molar-refractivity contribution is 5.33. The van der Waals surface area contributed by atoms with Crippen molar-refractivity contribution >= 4 is 0 Å². The van der Waals surface area contributed by atoms with Crippen LogP contribution in [-0.4, -0.2) is 19.0 Å². The fourth-order valence-corrected chi connectivity index (χ4v) is 0.662. The summed E-state index contributed by atoms with van der Waals surface area (Å²) in [5.74, 6) is 0. The number of rotatable bonds is 1. The fraction of sp³-hybridized carbons (Fsp3) is 0.286. The summed E-state index contributed by atoms with van der Waals surface area (Å²) in [5, 5.41) is 0. The van der Waals surface area contributed by atoms with Crippen LogP contribution in [-0.2, 0) is 0 Å². The van der Waals surface area contributed by atoms with E-state index in [0.29, 0.717) is 0 Å². The van der Waals surface area contributed by atoms with Crippen LogP contribution in [0.3, 0.4) is 0 Å². The summed E-state index contributed by atoms with van der Waals surface area (Å²) in [4.78, 5) is 2.08. The summed E-state index contributed by atoms with van der Waals surface area (Å²) in [5.41, 5.74) is 0. The first kappa shape index (κ1) is 6.09. The first-order chi connectivity index (χ1) is 3.80. The molecule has 0 spiro atoms. The lowest BCUT2D eigenvalue weighted by Gasteiger charge is -2.15. The van der Waals surface area contributed by atoms with Crippen molar-refractivity contribution in [3.63, 3.8) is 0 Å². The van der Waals surface area contributed by atoms with E-state index < -0.39 is 0 Å². The Morgan fingerprint density at radius 3 is 1.88 bits per heavy atom. The summed E-state index contributed by atoms with van der Waals surface area (Å²) < 4.78 is 0. The van der Waals surface area contributed by atoms with E-state index in [4.69, 9.17) is 0 Å². The summed E-state index contributed by atoms with van der Waals surface area (Å²) in [7, 11) is 4.07. The Balaban J connectivity index is 2.24. The van der Waals surface area contributed by atoms with Crippen LogP contribution in [0.5, 0.6) is 0 Å². The van der Waals surface area contributed by atoms with Crippen LogP contribution in [0.1, 0.15) is 0 Å². The van der Waals surface area contributed by atoms with E-state index in [-0.39, 0.29) is 0 Å². The molecule has 1 aliphatic carbocycles. The zero-order chi connectivity index (χ0) is 5.98. The molecule has 0 aliphatic heterocycles. The third-order valence-electron chi connectivity index (χ3n) is 1.16. The molecule has 5 radical (unpaired) electrons. The molecular formula is C7H10N. The van der Waals surface area contributed by atoms with Gasteiger partial charge < -0.3 is 4.90 Å². The van der Waals surface area contributed by atoms with Crippen LogP contribution in [0.2, 0.25) is 0 Å². The predicted octanol–water partition coefficient (Wildman–Crippen LogP) is 0.911. The molecular weight excluding hydrogens is 98.1 g/mol. The molecule has 1 heteroatoms. The molecule has 1 fully saturated rings. The highest BCUT2D eigenvalue weighted by atomic mass is 15.1. The van der Waals surface area contributed by atoms with Gasteiger partial charge in [0.1, 0.15) is 0 Å². The average Bonchev–Trinajstić information content (AvgIpc) is 2.12. The Kier molecular flexibility index (Phi) is 1.90. The van der Waals surface area contributed by atoms with Gasteiger partial charge in [-0.2, -0.15) is 0 Å². The maximum Gasteiger partial charge on any atom is 0.0461 e. The van der Waals surface area contributed by atoms with E-state index in [1.165, 1.54) is 6.04 Å². The highest BCUT2D eigenvalue weighted by Crippen LogP contribution is 2.23. The largest absolute Gasteiger partial charge is 0.301 e. The zero-order valence-corrected chi connectivity index (χ0v) is 5.26. The van der Waals surface area contributed by atoms with Crippen LogP contribution in [0.25, 0.3) is 0 Å². The number of nitrogens with zero attached hydrogens (tertiary/aromatic N) is 1. The van der Waals surface area contributed by atoms with Gasteiger partial charge in [-0.3, -0.25) is 0 Å². The molecule has 0 bridgehead atoms. The number of hydrogen-bond donors (Lipinski definition) is 0. The molecule has 0 aromatic rings. The SMILES string of the molecule is CN(C)[C]1[CH][CH][CH][CH]1. The van der Waals surface area contributed by atoms with Crippen LogP contribution in [0, 0.1) is 31.7 Å². The van der Waals surface area contributed by atoms with Crippen LogP contribution < -0.4 is 0 Å². The molecule has 0 N–H and O–H groups in total. The van der Waals surface area contributed by atoms with Gasteiger partial charge in [0.05, 0.1) is 0 Å². The van der Waals surface area contributed by atoms with Gasteiger partial charge in [-0.05, 0) is 39.8 Å². The summed E-state index contributed by atoms with van der Waals surface area (Å²) >= 11 is 0. The molecule has 8 heavy (non-hydrogen) atoms. The lowest BCUT2D eigenvalue weighted by atomic mass is 10.2. The van der Waals surface area contributed by atoms with Gasteiger partial charge >= 0.3 is 0 Å². The summed E-state index contributed by atoms with van der Waals surface area (Å²) in [6.45, 7) is 0. The minimum Gasteiger partial charge on any atom is -0.301 e. The normalized spacial score (nSPS) is 22.9. The monoisotopic (exact) mass is 108 g/mol. The maximum atomic E-state index is 2.08. The second-order valence-electron chi connectivity index (χ2n) is 2.04. The molecule has 0 heterocycles. The first-order valence-corrected chi connectivity index (χ1v) is 2.70. The standard InChI is InChI=1S/C7H10N/c1-8(2)7-5-3-4-6-7/h3-6H,1-2H3. The van der Waals surface area contributed by atoms with Gasteiger partial charge in [0.2, 0.25) is 0 Å². The molecule has 43 valence electrons. The fourth-order valence-electron chi connectivity index (χ4n) is 0.662. The van der Waals surface area contributed by atoms with Crippen molar-refractivity contribution in [3.8, 4) is 0 Å². The lowest BCUT2D eigenvalue weighted by Crippen LogP contribution is -2.16. The van der Waals surface area contributed by atoms with Gasteiger partial charge in [0.25, 0.3) is 0 Å². The molecule has 0 aromatic heterocycles.